The second-order valence-corrected chi connectivity index (χ2v) is 9.37. The van der Waals surface area contributed by atoms with Gasteiger partial charge in [-0.3, -0.25) is 5.43 Å². The van der Waals surface area contributed by atoms with Crippen LogP contribution in [0.2, 0.25) is 0 Å². The van der Waals surface area contributed by atoms with Crippen LogP contribution >= 0.6 is 12.2 Å². The molecule has 5 rings (SSSR count). The topological polar surface area (TPSA) is 63.5 Å². The quantitative estimate of drug-likeness (QED) is 0.174. The van der Waals surface area contributed by atoms with E-state index in [1.165, 1.54) is 17.7 Å². The van der Waals surface area contributed by atoms with E-state index < -0.39 is 6.36 Å². The maximum Gasteiger partial charge on any atom is 0.573 e. The zero-order chi connectivity index (χ0) is 26.9. The molecule has 2 N–H and O–H groups in total. The van der Waals surface area contributed by atoms with E-state index in [0.29, 0.717) is 10.8 Å². The van der Waals surface area contributed by atoms with E-state index in [-0.39, 0.29) is 5.75 Å². The minimum Gasteiger partial charge on any atom is -0.406 e. The SMILES string of the molecule is Cc1cccc(C)c1NC(=S)N/N=C\c1ccc2c(c1)CCc1c-2cnn1-c1ccc(OC(F)(F)F)cc1. The lowest BCUT2D eigenvalue weighted by Gasteiger charge is -2.18. The molecular formula is C28H24F3N5OS. The van der Waals surface area contributed by atoms with Gasteiger partial charge in [0, 0.05) is 11.3 Å². The molecule has 1 heterocycles. The largest absolute Gasteiger partial charge is 0.573 e. The van der Waals surface area contributed by atoms with Crippen molar-refractivity contribution in [2.75, 3.05) is 5.32 Å². The average Bonchev–Trinajstić information content (AvgIpc) is 3.30. The summed E-state index contributed by atoms with van der Waals surface area (Å²) in [7, 11) is 0. The van der Waals surface area contributed by atoms with E-state index in [4.69, 9.17) is 12.2 Å². The van der Waals surface area contributed by atoms with Crippen molar-refractivity contribution < 1.29 is 17.9 Å². The minimum absolute atomic E-state index is 0.266. The highest BCUT2D eigenvalue weighted by Gasteiger charge is 2.31. The molecule has 0 atom stereocenters. The monoisotopic (exact) mass is 535 g/mol. The number of nitrogens with zero attached hydrogens (tertiary/aromatic N) is 3. The standard InChI is InChI=1S/C28H24F3N5OS/c1-17-4-3-5-18(2)26(17)34-27(38)35-32-15-19-6-12-23-20(14-19)7-13-25-24(23)16-33-36(25)21-8-10-22(11-9-21)37-28(29,30)31/h3-6,8-12,14-16H,7,13H2,1-2H3,(H2,34,35,38)/b32-15-. The number of halogens is 3. The van der Waals surface area contributed by atoms with Crippen molar-refractivity contribution in [3.05, 3.63) is 94.8 Å². The predicted molar refractivity (Wildman–Crippen MR) is 146 cm³/mol. The van der Waals surface area contributed by atoms with Crippen molar-refractivity contribution in [3.63, 3.8) is 0 Å². The number of anilines is 1. The molecule has 0 spiro atoms. The Balaban J connectivity index is 1.28. The highest BCUT2D eigenvalue weighted by atomic mass is 32.1. The van der Waals surface area contributed by atoms with Gasteiger partial charge in [-0.2, -0.15) is 10.2 Å². The molecule has 194 valence electrons. The molecule has 1 aromatic heterocycles. The summed E-state index contributed by atoms with van der Waals surface area (Å²) in [6.07, 6.45) is 0.332. The van der Waals surface area contributed by atoms with Crippen LogP contribution < -0.4 is 15.5 Å². The summed E-state index contributed by atoms with van der Waals surface area (Å²) in [5.41, 5.74) is 11.9. The summed E-state index contributed by atoms with van der Waals surface area (Å²) < 4.78 is 43.1. The fraction of sp³-hybridized carbons (Fsp3) is 0.179. The van der Waals surface area contributed by atoms with E-state index in [0.717, 1.165) is 52.0 Å². The van der Waals surface area contributed by atoms with Crippen LogP contribution in [0.1, 0.15) is 27.9 Å². The smallest absolute Gasteiger partial charge is 0.406 e. The minimum atomic E-state index is -4.72. The maximum atomic E-state index is 12.5. The van der Waals surface area contributed by atoms with Crippen LogP contribution in [0.5, 0.6) is 5.75 Å². The molecule has 1 aliphatic carbocycles. The van der Waals surface area contributed by atoms with Gasteiger partial charge in [0.2, 0.25) is 0 Å². The van der Waals surface area contributed by atoms with E-state index >= 15 is 0 Å². The number of para-hydroxylation sites is 1. The van der Waals surface area contributed by atoms with Gasteiger partial charge in [-0.15, -0.1) is 13.2 Å². The van der Waals surface area contributed by atoms with Crippen LogP contribution in [0.25, 0.3) is 16.8 Å². The van der Waals surface area contributed by atoms with E-state index in [9.17, 15) is 13.2 Å². The Kier molecular flexibility index (Phi) is 6.90. The number of aromatic nitrogens is 2. The molecule has 0 saturated carbocycles. The number of nitrogens with one attached hydrogen (secondary N) is 2. The maximum absolute atomic E-state index is 12.5. The van der Waals surface area contributed by atoms with Gasteiger partial charge in [0.1, 0.15) is 5.75 Å². The lowest BCUT2D eigenvalue weighted by molar-refractivity contribution is -0.274. The van der Waals surface area contributed by atoms with Crippen molar-refractivity contribution in [3.8, 4) is 22.6 Å². The van der Waals surface area contributed by atoms with Gasteiger partial charge in [-0.05, 0) is 97.1 Å². The van der Waals surface area contributed by atoms with Crippen molar-refractivity contribution in [2.24, 2.45) is 5.10 Å². The number of ether oxygens (including phenoxy) is 1. The predicted octanol–water partition coefficient (Wildman–Crippen LogP) is 6.47. The first-order valence-corrected chi connectivity index (χ1v) is 12.3. The Hall–Kier alpha value is -4.18. The molecular weight excluding hydrogens is 511 g/mol. The first-order chi connectivity index (χ1) is 18.2. The molecule has 0 unspecified atom stereocenters. The molecule has 38 heavy (non-hydrogen) atoms. The Morgan fingerprint density at radius 2 is 1.76 bits per heavy atom. The number of hydrazone groups is 1. The summed E-state index contributed by atoms with van der Waals surface area (Å²) >= 11 is 5.38. The molecule has 0 fully saturated rings. The fourth-order valence-electron chi connectivity index (χ4n) is 4.59. The van der Waals surface area contributed by atoms with Crippen LogP contribution in [0, 0.1) is 13.8 Å². The van der Waals surface area contributed by atoms with Crippen LogP contribution in [0.15, 0.2) is 72.0 Å². The fourth-order valence-corrected chi connectivity index (χ4v) is 4.74. The molecule has 4 aromatic rings. The Morgan fingerprint density at radius 1 is 1.03 bits per heavy atom. The molecule has 6 nitrogen and oxygen atoms in total. The second-order valence-electron chi connectivity index (χ2n) is 8.97. The van der Waals surface area contributed by atoms with Crippen molar-refractivity contribution in [1.82, 2.24) is 15.2 Å². The molecule has 0 aliphatic heterocycles. The highest BCUT2D eigenvalue weighted by molar-refractivity contribution is 7.80. The number of rotatable bonds is 5. The Labute approximate surface area is 223 Å². The van der Waals surface area contributed by atoms with E-state index in [1.54, 1.807) is 29.2 Å². The number of aryl methyl sites for hydroxylation is 3. The molecule has 0 bridgehead atoms. The van der Waals surface area contributed by atoms with Gasteiger partial charge in [0.15, 0.2) is 5.11 Å². The number of hydrogen-bond acceptors (Lipinski definition) is 4. The zero-order valence-corrected chi connectivity index (χ0v) is 21.5. The lowest BCUT2D eigenvalue weighted by Crippen LogP contribution is -2.24. The van der Waals surface area contributed by atoms with E-state index in [1.807, 2.05) is 44.2 Å². The third-order valence-electron chi connectivity index (χ3n) is 6.33. The average molecular weight is 536 g/mol. The lowest BCUT2D eigenvalue weighted by atomic mass is 9.89. The Bertz CT molecular complexity index is 1510. The van der Waals surface area contributed by atoms with Gasteiger partial charge in [-0.1, -0.05) is 30.3 Å². The van der Waals surface area contributed by atoms with E-state index in [2.05, 4.69) is 31.7 Å². The molecule has 3 aromatic carbocycles. The molecule has 0 saturated heterocycles. The molecule has 1 aliphatic rings. The third kappa shape index (κ3) is 5.55. The summed E-state index contributed by atoms with van der Waals surface area (Å²) in [6, 6.07) is 17.9. The van der Waals surface area contributed by atoms with Crippen LogP contribution in [0.4, 0.5) is 18.9 Å². The summed E-state index contributed by atoms with van der Waals surface area (Å²) in [4.78, 5) is 0. The van der Waals surface area contributed by atoms with Crippen LogP contribution in [-0.4, -0.2) is 27.5 Å². The molecule has 10 heteroatoms. The van der Waals surface area contributed by atoms with Gasteiger partial charge in [0.25, 0.3) is 0 Å². The zero-order valence-electron chi connectivity index (χ0n) is 20.6. The number of thiocarbonyl (C=S) groups is 1. The normalized spacial score (nSPS) is 12.7. The number of benzene rings is 3. The summed E-state index contributed by atoms with van der Waals surface area (Å²) in [5.74, 6) is -0.266. The highest BCUT2D eigenvalue weighted by Crippen LogP contribution is 2.35. The summed E-state index contributed by atoms with van der Waals surface area (Å²) in [5, 5.41) is 12.4. The second kappa shape index (κ2) is 10.3. The number of fused-ring (bicyclic) bond motifs is 3. The van der Waals surface area contributed by atoms with Gasteiger partial charge >= 0.3 is 6.36 Å². The van der Waals surface area contributed by atoms with Crippen molar-refractivity contribution in [2.45, 2.75) is 33.1 Å². The first-order valence-electron chi connectivity index (χ1n) is 11.9. The van der Waals surface area contributed by atoms with Gasteiger partial charge in [0.05, 0.1) is 23.8 Å². The Morgan fingerprint density at radius 3 is 2.47 bits per heavy atom. The van der Waals surface area contributed by atoms with Crippen molar-refractivity contribution >= 4 is 29.2 Å². The number of hydrogen-bond donors (Lipinski definition) is 2. The van der Waals surface area contributed by atoms with Gasteiger partial charge < -0.3 is 10.1 Å². The summed E-state index contributed by atoms with van der Waals surface area (Å²) in [6.45, 7) is 4.04. The molecule has 0 radical (unpaired) electrons. The van der Waals surface area contributed by atoms with Crippen LogP contribution in [-0.2, 0) is 12.8 Å². The molecule has 0 amide bonds. The van der Waals surface area contributed by atoms with Crippen molar-refractivity contribution in [1.29, 1.82) is 0 Å². The first kappa shape index (κ1) is 25.5. The number of alkyl halides is 3. The van der Waals surface area contributed by atoms with Gasteiger partial charge in [-0.25, -0.2) is 4.68 Å². The third-order valence-corrected chi connectivity index (χ3v) is 6.53. The van der Waals surface area contributed by atoms with Crippen LogP contribution in [0.3, 0.4) is 0 Å².